The van der Waals surface area contributed by atoms with Gasteiger partial charge in [0.15, 0.2) is 0 Å². The van der Waals surface area contributed by atoms with E-state index in [1.807, 2.05) is 0 Å². The first-order valence-electron chi connectivity index (χ1n) is 3.45. The third kappa shape index (κ3) is 1.54. The summed E-state index contributed by atoms with van der Waals surface area (Å²) in [4.78, 5) is 12.5. The Balaban J connectivity index is 2.87. The lowest BCUT2D eigenvalue weighted by Gasteiger charge is -2.44. The van der Waals surface area contributed by atoms with Crippen LogP contribution in [0.2, 0.25) is 0 Å². The number of carbonyl (C=O) groups is 1. The summed E-state index contributed by atoms with van der Waals surface area (Å²) in [6.07, 6.45) is 0. The zero-order valence-electron chi connectivity index (χ0n) is 6.87. The van der Waals surface area contributed by atoms with Gasteiger partial charge >= 0.3 is 0 Å². The van der Waals surface area contributed by atoms with E-state index in [2.05, 4.69) is 5.32 Å². The summed E-state index contributed by atoms with van der Waals surface area (Å²) >= 11 is 0. The maximum absolute atomic E-state index is 11.2. The average Bonchev–Trinajstić information content (AvgIpc) is 1.79. The predicted octanol–water partition coefficient (Wildman–Crippen LogP) is -3.81. The van der Waals surface area contributed by atoms with Crippen molar-refractivity contribution >= 4 is 5.91 Å². The Kier molecular flexibility index (Phi) is 1.85. The van der Waals surface area contributed by atoms with Crippen LogP contribution in [0, 0.1) is 0 Å². The molecule has 0 saturated carbocycles. The molecule has 1 aliphatic heterocycles. The quantitative estimate of drug-likeness (QED) is 0.239. The molecule has 0 aromatic carbocycles. The van der Waals surface area contributed by atoms with Gasteiger partial charge in [0.2, 0.25) is 5.79 Å². The van der Waals surface area contributed by atoms with Crippen LogP contribution < -0.4 is 28.3 Å². The van der Waals surface area contributed by atoms with E-state index in [1.54, 1.807) is 0 Å². The van der Waals surface area contributed by atoms with Crippen molar-refractivity contribution in [2.45, 2.75) is 11.6 Å². The van der Waals surface area contributed by atoms with Gasteiger partial charge in [0.25, 0.3) is 5.91 Å². The number of amides is 1. The number of nitrogens with zero attached hydrogens (tertiary/aromatic N) is 1. The van der Waals surface area contributed by atoms with E-state index in [9.17, 15) is 4.79 Å². The van der Waals surface area contributed by atoms with Gasteiger partial charge in [-0.25, -0.2) is 5.32 Å². The van der Waals surface area contributed by atoms with Crippen LogP contribution in [0.25, 0.3) is 0 Å². The van der Waals surface area contributed by atoms with Crippen molar-refractivity contribution < 1.29 is 4.79 Å². The Hall–Kier alpha value is -0.730. The molecule has 0 atom stereocenters. The number of piperazine rings is 1. The fraction of sp³-hybridized carbons (Fsp3) is 0.800. The number of nitrogens with one attached hydrogen (secondary N) is 1. The Labute approximate surface area is 70.0 Å². The second kappa shape index (κ2) is 2.38. The minimum atomic E-state index is -1.67. The van der Waals surface area contributed by atoms with Gasteiger partial charge < -0.3 is 4.90 Å². The Morgan fingerprint density at radius 3 is 2.33 bits per heavy atom. The van der Waals surface area contributed by atoms with Gasteiger partial charge in [0.1, 0.15) is 5.79 Å². The monoisotopic (exact) mass is 174 g/mol. The zero-order valence-corrected chi connectivity index (χ0v) is 6.87. The number of hydrogen-bond donors (Lipinski definition) is 5. The van der Waals surface area contributed by atoms with Crippen LogP contribution in [0.4, 0.5) is 0 Å². The van der Waals surface area contributed by atoms with E-state index in [0.717, 1.165) is 0 Å². The first-order valence-corrected chi connectivity index (χ1v) is 3.45. The Bertz CT molecular complexity index is 212. The second-order valence-electron chi connectivity index (χ2n) is 3.20. The van der Waals surface area contributed by atoms with Crippen molar-refractivity contribution in [3.63, 3.8) is 0 Å². The minimum Gasteiger partial charge on any atom is -0.337 e. The maximum atomic E-state index is 11.2. The van der Waals surface area contributed by atoms with Gasteiger partial charge in [-0.1, -0.05) is 0 Å². The highest BCUT2D eigenvalue weighted by Gasteiger charge is 2.44. The van der Waals surface area contributed by atoms with E-state index in [0.29, 0.717) is 0 Å². The summed E-state index contributed by atoms with van der Waals surface area (Å²) in [5.41, 5.74) is 21.8. The molecule has 1 saturated heterocycles. The molecule has 1 aliphatic rings. The second-order valence-corrected chi connectivity index (χ2v) is 3.20. The van der Waals surface area contributed by atoms with Crippen molar-refractivity contribution in [3.8, 4) is 0 Å². The lowest BCUT2D eigenvalue weighted by molar-refractivity contribution is -0.143. The Morgan fingerprint density at radius 2 is 1.92 bits per heavy atom. The van der Waals surface area contributed by atoms with Gasteiger partial charge in [-0.3, -0.25) is 27.7 Å². The van der Waals surface area contributed by atoms with Crippen LogP contribution in [0.3, 0.4) is 0 Å². The average molecular weight is 174 g/mol. The highest BCUT2D eigenvalue weighted by atomic mass is 16.2. The molecule has 0 spiro atoms. The van der Waals surface area contributed by atoms with Gasteiger partial charge in [-0.15, -0.1) is 0 Å². The number of nitrogens with two attached hydrogens (primary N) is 4. The molecule has 0 bridgehead atoms. The van der Waals surface area contributed by atoms with Crippen LogP contribution >= 0.6 is 0 Å². The summed E-state index contributed by atoms with van der Waals surface area (Å²) in [6, 6.07) is 0. The first-order chi connectivity index (χ1) is 5.25. The van der Waals surface area contributed by atoms with E-state index >= 15 is 0 Å². The molecular weight excluding hydrogens is 160 g/mol. The lowest BCUT2D eigenvalue weighted by atomic mass is 10.2. The zero-order chi connectivity index (χ0) is 9.57. The molecule has 0 radical (unpaired) electrons. The van der Waals surface area contributed by atoms with Crippen LogP contribution in [-0.2, 0) is 4.79 Å². The smallest absolute Gasteiger partial charge is 0.272 e. The molecule has 9 N–H and O–H groups in total. The lowest BCUT2D eigenvalue weighted by Crippen LogP contribution is -2.85. The number of hydrogen-bond acceptors (Lipinski definition) is 6. The van der Waals surface area contributed by atoms with Crippen molar-refractivity contribution in [1.82, 2.24) is 10.2 Å². The summed E-state index contributed by atoms with van der Waals surface area (Å²) in [5, 5.41) is 2.43. The van der Waals surface area contributed by atoms with Gasteiger partial charge in [-0.2, -0.15) is 0 Å². The maximum Gasteiger partial charge on any atom is 0.272 e. The molecule has 7 nitrogen and oxygen atoms in total. The largest absolute Gasteiger partial charge is 0.337 e. The number of rotatable bonds is 0. The molecule has 7 heteroatoms. The third-order valence-corrected chi connectivity index (χ3v) is 1.64. The molecule has 0 aromatic rings. The summed E-state index contributed by atoms with van der Waals surface area (Å²) in [5.74, 6) is -3.34. The summed E-state index contributed by atoms with van der Waals surface area (Å²) < 4.78 is 0. The molecule has 0 aromatic heterocycles. The standard InChI is InChI=1S/C5H14N6O/c1-11-2-4(6,7)10-5(8,9)3(11)12/h10H,2,6-9H2,1H3. The molecule has 1 amide bonds. The van der Waals surface area contributed by atoms with Crippen molar-refractivity contribution in [2.75, 3.05) is 13.6 Å². The fourth-order valence-corrected chi connectivity index (χ4v) is 1.26. The summed E-state index contributed by atoms with van der Waals surface area (Å²) in [6.45, 7) is 0.169. The van der Waals surface area contributed by atoms with Gasteiger partial charge in [0, 0.05) is 7.05 Å². The van der Waals surface area contributed by atoms with Crippen molar-refractivity contribution in [1.29, 1.82) is 0 Å². The van der Waals surface area contributed by atoms with Gasteiger partial charge in [-0.05, 0) is 0 Å². The number of carbonyl (C=O) groups excluding carboxylic acids is 1. The molecule has 0 aliphatic carbocycles. The highest BCUT2D eigenvalue weighted by molar-refractivity contribution is 5.85. The molecule has 1 rings (SSSR count). The first kappa shape index (κ1) is 9.36. The summed E-state index contributed by atoms with van der Waals surface area (Å²) in [7, 11) is 1.53. The van der Waals surface area contributed by atoms with Crippen LogP contribution in [0.5, 0.6) is 0 Å². The van der Waals surface area contributed by atoms with Crippen molar-refractivity contribution in [2.24, 2.45) is 22.9 Å². The predicted molar refractivity (Wildman–Crippen MR) is 43.0 cm³/mol. The minimum absolute atomic E-state index is 0.169. The van der Waals surface area contributed by atoms with E-state index in [-0.39, 0.29) is 6.54 Å². The van der Waals surface area contributed by atoms with E-state index in [1.165, 1.54) is 11.9 Å². The fourth-order valence-electron chi connectivity index (χ4n) is 1.26. The molecule has 70 valence electrons. The molecule has 1 fully saturated rings. The molecule has 12 heavy (non-hydrogen) atoms. The highest BCUT2D eigenvalue weighted by Crippen LogP contribution is 2.06. The van der Waals surface area contributed by atoms with E-state index in [4.69, 9.17) is 22.9 Å². The third-order valence-electron chi connectivity index (χ3n) is 1.64. The Morgan fingerprint density at radius 1 is 1.42 bits per heavy atom. The normalized spacial score (nSPS) is 27.4. The van der Waals surface area contributed by atoms with Gasteiger partial charge in [0.05, 0.1) is 6.54 Å². The number of likely N-dealkylation sites (N-methyl/N-ethyl adjacent to an activating group) is 1. The SMILES string of the molecule is CN1CC(N)(N)NC(N)(N)C1=O. The van der Waals surface area contributed by atoms with E-state index < -0.39 is 17.5 Å². The van der Waals surface area contributed by atoms with Crippen molar-refractivity contribution in [3.05, 3.63) is 0 Å². The molecule has 1 heterocycles. The molecular formula is C5H14N6O. The van der Waals surface area contributed by atoms with Crippen LogP contribution in [0.15, 0.2) is 0 Å². The topological polar surface area (TPSA) is 136 Å². The van der Waals surface area contributed by atoms with Crippen LogP contribution in [-0.4, -0.2) is 36.0 Å². The molecule has 0 unspecified atom stereocenters. The van der Waals surface area contributed by atoms with Crippen LogP contribution in [0.1, 0.15) is 0 Å².